The lowest BCUT2D eigenvalue weighted by atomic mass is 9.83. The minimum Gasteiger partial charge on any atom is -0.507 e. The van der Waals surface area contributed by atoms with E-state index in [4.69, 9.17) is 4.74 Å². The van der Waals surface area contributed by atoms with E-state index < -0.39 is 22.8 Å². The normalized spacial score (nSPS) is 22.2. The monoisotopic (exact) mass is 356 g/mol. The van der Waals surface area contributed by atoms with Crippen LogP contribution >= 0.6 is 0 Å². The van der Waals surface area contributed by atoms with Gasteiger partial charge in [0.2, 0.25) is 11.6 Å². The summed E-state index contributed by atoms with van der Waals surface area (Å²) in [6, 6.07) is 3.34. The molecule has 1 aromatic carbocycles. The van der Waals surface area contributed by atoms with Crippen LogP contribution in [0, 0.1) is 0 Å². The van der Waals surface area contributed by atoms with E-state index in [1.165, 1.54) is 6.92 Å². The second-order valence-electron chi connectivity index (χ2n) is 7.95. The maximum Gasteiger partial charge on any atom is 0.234 e. The first-order valence-electron chi connectivity index (χ1n) is 8.79. The maximum absolute atomic E-state index is 12.5. The van der Waals surface area contributed by atoms with Crippen LogP contribution in [0.2, 0.25) is 0 Å². The van der Waals surface area contributed by atoms with Crippen molar-refractivity contribution in [2.24, 2.45) is 0 Å². The number of benzene rings is 1. The molecule has 1 aliphatic heterocycles. The molecule has 0 saturated heterocycles. The Morgan fingerprint density at radius 2 is 1.88 bits per heavy atom. The van der Waals surface area contributed by atoms with Crippen LogP contribution in [-0.2, 0) is 4.79 Å². The molecule has 0 aromatic heterocycles. The Balaban J connectivity index is 1.93. The third kappa shape index (κ3) is 3.19. The fourth-order valence-corrected chi connectivity index (χ4v) is 3.44. The van der Waals surface area contributed by atoms with Crippen molar-refractivity contribution >= 4 is 23.4 Å². The van der Waals surface area contributed by atoms with E-state index >= 15 is 0 Å². The summed E-state index contributed by atoms with van der Waals surface area (Å²) in [6.45, 7) is 6.95. The molecule has 26 heavy (non-hydrogen) atoms. The molecule has 1 atom stereocenters. The second-order valence-corrected chi connectivity index (χ2v) is 7.95. The Bertz CT molecular complexity index is 854. The predicted molar refractivity (Wildman–Crippen MR) is 99.2 cm³/mol. The highest BCUT2D eigenvalue weighted by Crippen LogP contribution is 2.40. The summed E-state index contributed by atoms with van der Waals surface area (Å²) in [5, 5.41) is 20.1. The number of carbonyl (C=O) groups is 2. The molecule has 3 rings (SSSR count). The molecule has 1 aliphatic carbocycles. The van der Waals surface area contributed by atoms with Gasteiger partial charge in [-0.15, -0.1) is 0 Å². The second kappa shape index (κ2) is 6.09. The Morgan fingerprint density at radius 3 is 2.54 bits per heavy atom. The van der Waals surface area contributed by atoms with Gasteiger partial charge in [0, 0.05) is 22.3 Å². The van der Waals surface area contributed by atoms with Gasteiger partial charge in [0.25, 0.3) is 0 Å². The van der Waals surface area contributed by atoms with Gasteiger partial charge in [0.1, 0.15) is 17.1 Å². The van der Waals surface area contributed by atoms with E-state index in [2.05, 4.69) is 0 Å². The lowest BCUT2D eigenvalue weighted by molar-refractivity contribution is -0.111. The molecule has 1 unspecified atom stereocenters. The van der Waals surface area contributed by atoms with E-state index in [0.717, 1.165) is 6.42 Å². The smallest absolute Gasteiger partial charge is 0.234 e. The van der Waals surface area contributed by atoms with Crippen LogP contribution in [0.25, 0.3) is 11.8 Å². The lowest BCUT2D eigenvalue weighted by Crippen LogP contribution is -2.34. The quantitative estimate of drug-likeness (QED) is 0.801. The standard InChI is InChI=1S/C21H24O5/c1-12-17(22)14-6-7-15-13(16(14)19(24)18(12)23)8-11-21(4,26-15)10-5-9-20(2,3)25/h6-8,11,22,25H,5,9-10H2,1-4H3. The van der Waals surface area contributed by atoms with E-state index in [9.17, 15) is 19.8 Å². The average molecular weight is 356 g/mol. The molecule has 2 aliphatic rings. The van der Waals surface area contributed by atoms with Gasteiger partial charge in [-0.3, -0.25) is 9.59 Å². The third-order valence-corrected chi connectivity index (χ3v) is 5.00. The first-order valence-corrected chi connectivity index (χ1v) is 8.79. The number of hydrogen-bond donors (Lipinski definition) is 2. The molecule has 0 bridgehead atoms. The molecule has 0 spiro atoms. The van der Waals surface area contributed by atoms with Crippen molar-refractivity contribution < 1.29 is 24.5 Å². The van der Waals surface area contributed by atoms with Gasteiger partial charge in [0.15, 0.2) is 0 Å². The van der Waals surface area contributed by atoms with Crippen LogP contribution in [0.4, 0.5) is 0 Å². The number of fused-ring (bicyclic) bond motifs is 3. The SMILES string of the molecule is CC1=C(O)c2ccc3c(c2C(=O)C1=O)C=CC(C)(CCCC(C)(C)O)O3. The molecule has 5 heteroatoms. The highest BCUT2D eigenvalue weighted by Gasteiger charge is 2.36. The van der Waals surface area contributed by atoms with Crippen LogP contribution in [-0.4, -0.2) is 33.0 Å². The molecule has 0 radical (unpaired) electrons. The summed E-state index contributed by atoms with van der Waals surface area (Å²) >= 11 is 0. The number of allylic oxidation sites excluding steroid dienone is 1. The number of aliphatic hydroxyl groups excluding tert-OH is 1. The summed E-state index contributed by atoms with van der Waals surface area (Å²) in [6.07, 6.45) is 5.81. The molecule has 2 N–H and O–H groups in total. The zero-order valence-electron chi connectivity index (χ0n) is 15.5. The van der Waals surface area contributed by atoms with Gasteiger partial charge in [0.05, 0.1) is 5.60 Å². The first-order chi connectivity index (χ1) is 12.0. The molecule has 0 fully saturated rings. The molecular weight excluding hydrogens is 332 g/mol. The van der Waals surface area contributed by atoms with Crippen LogP contribution < -0.4 is 4.74 Å². The van der Waals surface area contributed by atoms with E-state index in [-0.39, 0.29) is 16.9 Å². The highest BCUT2D eigenvalue weighted by molar-refractivity contribution is 6.52. The minimum atomic E-state index is -0.722. The highest BCUT2D eigenvalue weighted by atomic mass is 16.5. The average Bonchev–Trinajstić information content (AvgIpc) is 2.55. The van der Waals surface area contributed by atoms with Gasteiger partial charge in [-0.1, -0.05) is 6.08 Å². The van der Waals surface area contributed by atoms with Gasteiger partial charge < -0.3 is 14.9 Å². The predicted octanol–water partition coefficient (Wildman–Crippen LogP) is 3.85. The van der Waals surface area contributed by atoms with Crippen molar-refractivity contribution in [2.75, 3.05) is 0 Å². The van der Waals surface area contributed by atoms with E-state index in [0.29, 0.717) is 29.7 Å². The largest absolute Gasteiger partial charge is 0.507 e. The molecule has 138 valence electrons. The van der Waals surface area contributed by atoms with Gasteiger partial charge in [-0.2, -0.15) is 0 Å². The van der Waals surface area contributed by atoms with E-state index in [1.807, 2.05) is 13.0 Å². The molecule has 5 nitrogen and oxygen atoms in total. The van der Waals surface area contributed by atoms with E-state index in [1.54, 1.807) is 32.1 Å². The summed E-state index contributed by atoms with van der Waals surface area (Å²) in [5.41, 5.74) is -0.114. The van der Waals surface area contributed by atoms with Crippen molar-refractivity contribution in [2.45, 2.75) is 58.2 Å². The Labute approximate surface area is 153 Å². The zero-order valence-corrected chi connectivity index (χ0v) is 15.5. The van der Waals surface area contributed by atoms with Gasteiger partial charge >= 0.3 is 0 Å². The maximum atomic E-state index is 12.5. The molecule has 0 saturated carbocycles. The Hall–Kier alpha value is -2.40. The number of aliphatic hydroxyl groups is 2. The fraction of sp³-hybridized carbons (Fsp3) is 0.429. The van der Waals surface area contributed by atoms with Crippen molar-refractivity contribution in [1.29, 1.82) is 0 Å². The first kappa shape index (κ1) is 18.4. The van der Waals surface area contributed by atoms with Gasteiger partial charge in [-0.05, 0) is 65.2 Å². The van der Waals surface area contributed by atoms with Crippen LogP contribution in [0.3, 0.4) is 0 Å². The van der Waals surface area contributed by atoms with Crippen LogP contribution in [0.1, 0.15) is 68.4 Å². The fourth-order valence-electron chi connectivity index (χ4n) is 3.44. The van der Waals surface area contributed by atoms with Gasteiger partial charge in [-0.25, -0.2) is 0 Å². The summed E-state index contributed by atoms with van der Waals surface area (Å²) in [4.78, 5) is 24.6. The molecule has 1 heterocycles. The summed E-state index contributed by atoms with van der Waals surface area (Å²) in [5.74, 6) is -0.939. The lowest BCUT2D eigenvalue weighted by Gasteiger charge is -2.33. The van der Waals surface area contributed by atoms with Crippen molar-refractivity contribution in [3.63, 3.8) is 0 Å². The number of carbonyl (C=O) groups excluding carboxylic acids is 2. The number of ketones is 2. The number of ether oxygens (including phenoxy) is 1. The van der Waals surface area contributed by atoms with Crippen molar-refractivity contribution in [3.05, 3.63) is 40.5 Å². The topological polar surface area (TPSA) is 83.8 Å². The molecule has 0 amide bonds. The van der Waals surface area contributed by atoms with Crippen molar-refractivity contribution in [3.8, 4) is 5.75 Å². The van der Waals surface area contributed by atoms with Crippen LogP contribution in [0.15, 0.2) is 23.8 Å². The number of Topliss-reactive ketones (excluding diaryl/α,β-unsaturated/α-hetero) is 2. The Morgan fingerprint density at radius 1 is 1.19 bits per heavy atom. The summed E-state index contributed by atoms with van der Waals surface area (Å²) in [7, 11) is 0. The van der Waals surface area contributed by atoms with Crippen molar-refractivity contribution in [1.82, 2.24) is 0 Å². The third-order valence-electron chi connectivity index (χ3n) is 5.00. The Kier molecular flexibility index (Phi) is 4.31. The van der Waals surface area contributed by atoms with Crippen LogP contribution in [0.5, 0.6) is 5.75 Å². The number of rotatable bonds is 4. The minimum absolute atomic E-state index is 0.0691. The zero-order chi connectivity index (χ0) is 19.3. The number of hydrogen-bond acceptors (Lipinski definition) is 5. The molecule has 1 aromatic rings. The summed E-state index contributed by atoms with van der Waals surface area (Å²) < 4.78 is 6.12. The molecular formula is C21H24O5.